The van der Waals surface area contributed by atoms with E-state index < -0.39 is 0 Å². The Bertz CT molecular complexity index is 1020. The second-order valence-electron chi connectivity index (χ2n) is 5.88. The second kappa shape index (κ2) is 4.23. The summed E-state index contributed by atoms with van der Waals surface area (Å²) in [5, 5.41) is 5.12. The molecule has 0 amide bonds. The van der Waals surface area contributed by atoms with Crippen molar-refractivity contribution < 1.29 is 0 Å². The summed E-state index contributed by atoms with van der Waals surface area (Å²) in [6.07, 6.45) is 0. The molecule has 0 bridgehead atoms. The first-order valence-corrected chi connectivity index (χ1v) is 7.24. The summed E-state index contributed by atoms with van der Waals surface area (Å²) >= 11 is 0. The molecule has 4 rings (SSSR count). The zero-order chi connectivity index (χ0) is 14.6. The SMILES string of the molecule is C=C(C)c1cccc2c1[nH]c1cc3cc(C)ccc3cc12. The van der Waals surface area contributed by atoms with Crippen molar-refractivity contribution in [1.82, 2.24) is 4.98 Å². The zero-order valence-corrected chi connectivity index (χ0v) is 12.3. The van der Waals surface area contributed by atoms with Gasteiger partial charge < -0.3 is 4.98 Å². The van der Waals surface area contributed by atoms with E-state index in [1.54, 1.807) is 0 Å². The summed E-state index contributed by atoms with van der Waals surface area (Å²) in [5.74, 6) is 0. The van der Waals surface area contributed by atoms with Crippen LogP contribution in [0.5, 0.6) is 0 Å². The number of aromatic nitrogens is 1. The lowest BCUT2D eigenvalue weighted by molar-refractivity contribution is 1.50. The predicted octanol–water partition coefficient (Wildman–Crippen LogP) is 5.82. The van der Waals surface area contributed by atoms with Gasteiger partial charge in [-0.2, -0.15) is 0 Å². The molecular weight excluding hydrogens is 254 g/mol. The minimum atomic E-state index is 1.09. The number of rotatable bonds is 1. The highest BCUT2D eigenvalue weighted by molar-refractivity contribution is 6.14. The van der Waals surface area contributed by atoms with E-state index in [1.165, 1.54) is 43.7 Å². The number of benzene rings is 3. The van der Waals surface area contributed by atoms with E-state index in [2.05, 4.69) is 73.9 Å². The Morgan fingerprint density at radius 2 is 1.81 bits per heavy atom. The summed E-state index contributed by atoms with van der Waals surface area (Å²) in [5.41, 5.74) is 5.96. The molecule has 0 radical (unpaired) electrons. The molecule has 0 aliphatic rings. The molecule has 1 heteroatoms. The van der Waals surface area contributed by atoms with E-state index in [1.807, 2.05) is 0 Å². The minimum Gasteiger partial charge on any atom is -0.354 e. The third-order valence-electron chi connectivity index (χ3n) is 4.21. The summed E-state index contributed by atoms with van der Waals surface area (Å²) in [7, 11) is 0. The average Bonchev–Trinajstić information content (AvgIpc) is 2.82. The molecule has 0 unspecified atom stereocenters. The highest BCUT2D eigenvalue weighted by atomic mass is 14.7. The van der Waals surface area contributed by atoms with Gasteiger partial charge in [-0.05, 0) is 42.3 Å². The van der Waals surface area contributed by atoms with Crippen LogP contribution < -0.4 is 0 Å². The topological polar surface area (TPSA) is 15.8 Å². The fraction of sp³-hybridized carbons (Fsp3) is 0.100. The summed E-state index contributed by atoms with van der Waals surface area (Å²) < 4.78 is 0. The maximum atomic E-state index is 4.09. The van der Waals surface area contributed by atoms with Crippen molar-refractivity contribution >= 4 is 38.2 Å². The number of aromatic amines is 1. The molecule has 102 valence electrons. The molecule has 1 N–H and O–H groups in total. The van der Waals surface area contributed by atoms with Crippen molar-refractivity contribution in [2.45, 2.75) is 13.8 Å². The van der Waals surface area contributed by atoms with Crippen LogP contribution in [0.2, 0.25) is 0 Å². The number of hydrogen-bond acceptors (Lipinski definition) is 0. The maximum Gasteiger partial charge on any atom is 0.0540 e. The van der Waals surface area contributed by atoms with Crippen LogP contribution in [-0.4, -0.2) is 4.98 Å². The van der Waals surface area contributed by atoms with Gasteiger partial charge in [-0.15, -0.1) is 0 Å². The molecule has 0 atom stereocenters. The van der Waals surface area contributed by atoms with Crippen LogP contribution in [0, 0.1) is 6.92 Å². The van der Waals surface area contributed by atoms with E-state index in [9.17, 15) is 0 Å². The third kappa shape index (κ3) is 1.78. The molecule has 4 aromatic rings. The Morgan fingerprint density at radius 3 is 2.62 bits per heavy atom. The van der Waals surface area contributed by atoms with Crippen LogP contribution in [-0.2, 0) is 0 Å². The van der Waals surface area contributed by atoms with Crippen LogP contribution in [0.15, 0.2) is 55.1 Å². The van der Waals surface area contributed by atoms with Crippen molar-refractivity contribution in [2.24, 2.45) is 0 Å². The predicted molar refractivity (Wildman–Crippen MR) is 92.8 cm³/mol. The van der Waals surface area contributed by atoms with Gasteiger partial charge in [0.2, 0.25) is 0 Å². The minimum absolute atomic E-state index is 1.09. The molecule has 0 fully saturated rings. The number of H-pyrrole nitrogens is 1. The van der Waals surface area contributed by atoms with Gasteiger partial charge in [0.15, 0.2) is 0 Å². The molecule has 1 heterocycles. The van der Waals surface area contributed by atoms with E-state index in [-0.39, 0.29) is 0 Å². The highest BCUT2D eigenvalue weighted by Gasteiger charge is 2.09. The Labute approximate surface area is 123 Å². The largest absolute Gasteiger partial charge is 0.354 e. The second-order valence-corrected chi connectivity index (χ2v) is 5.88. The monoisotopic (exact) mass is 271 g/mol. The molecule has 0 saturated heterocycles. The van der Waals surface area contributed by atoms with Crippen LogP contribution in [0.1, 0.15) is 18.1 Å². The van der Waals surface area contributed by atoms with Crippen molar-refractivity contribution in [3.05, 3.63) is 66.2 Å². The van der Waals surface area contributed by atoms with Gasteiger partial charge in [-0.3, -0.25) is 0 Å². The molecule has 0 spiro atoms. The number of para-hydroxylation sites is 1. The molecule has 3 aromatic carbocycles. The van der Waals surface area contributed by atoms with Gasteiger partial charge in [-0.25, -0.2) is 0 Å². The first-order valence-electron chi connectivity index (χ1n) is 7.24. The molecule has 21 heavy (non-hydrogen) atoms. The fourth-order valence-electron chi connectivity index (χ4n) is 3.15. The van der Waals surface area contributed by atoms with Crippen LogP contribution >= 0.6 is 0 Å². The number of hydrogen-bond donors (Lipinski definition) is 1. The molecule has 0 aliphatic heterocycles. The van der Waals surface area contributed by atoms with Crippen molar-refractivity contribution in [1.29, 1.82) is 0 Å². The van der Waals surface area contributed by atoms with Gasteiger partial charge in [0.25, 0.3) is 0 Å². The van der Waals surface area contributed by atoms with E-state index in [0.717, 1.165) is 5.57 Å². The van der Waals surface area contributed by atoms with Crippen molar-refractivity contribution in [2.75, 3.05) is 0 Å². The average molecular weight is 271 g/mol. The summed E-state index contributed by atoms with van der Waals surface area (Å²) in [4.78, 5) is 3.58. The Kier molecular flexibility index (Phi) is 2.46. The van der Waals surface area contributed by atoms with Crippen LogP contribution in [0.3, 0.4) is 0 Å². The molecule has 1 nitrogen and oxygen atoms in total. The van der Waals surface area contributed by atoms with Crippen LogP contribution in [0.25, 0.3) is 38.2 Å². The zero-order valence-electron chi connectivity index (χ0n) is 12.3. The lowest BCUT2D eigenvalue weighted by atomic mass is 10.0. The van der Waals surface area contributed by atoms with Crippen molar-refractivity contribution in [3.8, 4) is 0 Å². The van der Waals surface area contributed by atoms with Gasteiger partial charge in [-0.1, -0.05) is 48.5 Å². The van der Waals surface area contributed by atoms with Gasteiger partial charge in [0.1, 0.15) is 0 Å². The standard InChI is InChI=1S/C20H17N/c1-12(2)16-5-4-6-17-18-10-14-8-7-13(3)9-15(14)11-19(18)21-20(16)17/h4-11,21H,1H2,2-3H3. The molecule has 1 aromatic heterocycles. The van der Waals surface area contributed by atoms with E-state index >= 15 is 0 Å². The van der Waals surface area contributed by atoms with Gasteiger partial charge >= 0.3 is 0 Å². The van der Waals surface area contributed by atoms with Gasteiger partial charge in [0.05, 0.1) is 5.52 Å². The van der Waals surface area contributed by atoms with Gasteiger partial charge in [0, 0.05) is 21.9 Å². The van der Waals surface area contributed by atoms with E-state index in [0.29, 0.717) is 0 Å². The lowest BCUT2D eigenvalue weighted by Gasteiger charge is -2.01. The molecule has 0 saturated carbocycles. The lowest BCUT2D eigenvalue weighted by Crippen LogP contribution is -1.79. The quantitative estimate of drug-likeness (QED) is 0.449. The fourth-order valence-corrected chi connectivity index (χ4v) is 3.15. The highest BCUT2D eigenvalue weighted by Crippen LogP contribution is 2.33. The van der Waals surface area contributed by atoms with E-state index in [4.69, 9.17) is 0 Å². The molecule has 0 aliphatic carbocycles. The first kappa shape index (κ1) is 12.2. The third-order valence-corrected chi connectivity index (χ3v) is 4.21. The first-order chi connectivity index (χ1) is 10.1. The maximum absolute atomic E-state index is 4.09. The number of aryl methyl sites for hydroxylation is 1. The smallest absolute Gasteiger partial charge is 0.0540 e. The normalized spacial score (nSPS) is 11.5. The number of nitrogens with one attached hydrogen (secondary N) is 1. The Morgan fingerprint density at radius 1 is 0.952 bits per heavy atom. The Hall–Kier alpha value is -2.54. The number of allylic oxidation sites excluding steroid dienone is 1. The Balaban J connectivity index is 2.18. The van der Waals surface area contributed by atoms with Crippen molar-refractivity contribution in [3.63, 3.8) is 0 Å². The summed E-state index contributed by atoms with van der Waals surface area (Å²) in [6, 6.07) is 17.6. The summed E-state index contributed by atoms with van der Waals surface area (Å²) in [6.45, 7) is 8.28. The molecular formula is C20H17N. The van der Waals surface area contributed by atoms with Crippen LogP contribution in [0.4, 0.5) is 0 Å². The number of fused-ring (bicyclic) bond motifs is 4.